The highest BCUT2D eigenvalue weighted by Crippen LogP contribution is 2.62. The van der Waals surface area contributed by atoms with Gasteiger partial charge in [0.1, 0.15) is 12.9 Å². The molecule has 4 aliphatic rings. The molecule has 216 valence electrons. The molecule has 8 nitrogen and oxygen atoms in total. The van der Waals surface area contributed by atoms with Gasteiger partial charge in [-0.1, -0.05) is 18.1 Å². The molecule has 1 aromatic carbocycles. The summed E-state index contributed by atoms with van der Waals surface area (Å²) in [6.45, 7) is 8.47. The Morgan fingerprint density at radius 1 is 1.32 bits per heavy atom. The van der Waals surface area contributed by atoms with Crippen LogP contribution in [0.1, 0.15) is 72.9 Å². The molecule has 6 rings (SSSR count). The number of ether oxygens (including phenoxy) is 1. The van der Waals surface area contributed by atoms with E-state index in [4.69, 9.17) is 9.57 Å². The van der Waals surface area contributed by atoms with Crippen molar-refractivity contribution < 1.29 is 19.5 Å². The van der Waals surface area contributed by atoms with Gasteiger partial charge in [-0.2, -0.15) is 0 Å². The second-order valence-electron chi connectivity index (χ2n) is 12.4. The van der Waals surface area contributed by atoms with Crippen LogP contribution in [0.15, 0.2) is 23.5 Å². The molecule has 9 heteroatoms. The zero-order chi connectivity index (χ0) is 27.9. The fraction of sp³-hybridized carbons (Fsp3) is 0.645. The second kappa shape index (κ2) is 11.4. The van der Waals surface area contributed by atoms with Gasteiger partial charge in [0.05, 0.1) is 18.9 Å². The number of anilines is 1. The number of benzene rings is 1. The van der Waals surface area contributed by atoms with Gasteiger partial charge >= 0.3 is 0 Å². The Balaban J connectivity index is 1.23. The predicted molar refractivity (Wildman–Crippen MR) is 157 cm³/mol. The average molecular weight is 567 g/mol. The first kappa shape index (κ1) is 27.7. The van der Waals surface area contributed by atoms with E-state index in [1.807, 2.05) is 13.0 Å². The van der Waals surface area contributed by atoms with E-state index in [0.717, 1.165) is 81.8 Å². The van der Waals surface area contributed by atoms with Crippen LogP contribution in [0.5, 0.6) is 5.75 Å². The molecule has 2 aromatic rings. The maximum absolute atomic E-state index is 12.9. The highest BCUT2D eigenvalue weighted by molar-refractivity contribution is 7.15. The normalized spacial score (nSPS) is 30.9. The van der Waals surface area contributed by atoms with Crippen molar-refractivity contribution in [1.82, 2.24) is 9.88 Å². The number of aromatic nitrogens is 1. The molecular formula is C31H42N4O4S. The van der Waals surface area contributed by atoms with E-state index in [2.05, 4.69) is 33.3 Å². The first-order valence-corrected chi connectivity index (χ1v) is 15.6. The van der Waals surface area contributed by atoms with Crippen LogP contribution in [0.25, 0.3) is 0 Å². The summed E-state index contributed by atoms with van der Waals surface area (Å²) in [4.78, 5) is 26.0. The van der Waals surface area contributed by atoms with Crippen LogP contribution in [-0.4, -0.2) is 60.0 Å². The van der Waals surface area contributed by atoms with Gasteiger partial charge in [-0.15, -0.1) is 11.3 Å². The van der Waals surface area contributed by atoms with E-state index in [0.29, 0.717) is 41.0 Å². The van der Waals surface area contributed by atoms with Crippen molar-refractivity contribution in [2.75, 3.05) is 38.7 Å². The third-order valence-electron chi connectivity index (χ3n) is 10.1. The fourth-order valence-corrected chi connectivity index (χ4v) is 8.97. The van der Waals surface area contributed by atoms with E-state index in [9.17, 15) is 9.90 Å². The molecule has 1 amide bonds. The first-order chi connectivity index (χ1) is 19.4. The number of phenols is 1. The number of nitrogens with zero attached hydrogens (tertiary/aromatic N) is 3. The molecular weight excluding hydrogens is 524 g/mol. The number of fused-ring (bicyclic) bond motifs is 5. The summed E-state index contributed by atoms with van der Waals surface area (Å²) in [7, 11) is 1.65. The summed E-state index contributed by atoms with van der Waals surface area (Å²) in [5.74, 6) is 2.33. The second-order valence-corrected chi connectivity index (χ2v) is 13.6. The maximum atomic E-state index is 12.9. The van der Waals surface area contributed by atoms with Crippen molar-refractivity contribution in [2.45, 2.75) is 71.3 Å². The topological polar surface area (TPSA) is 96.3 Å². The quantitative estimate of drug-likeness (QED) is 0.430. The van der Waals surface area contributed by atoms with Crippen molar-refractivity contribution in [3.8, 4) is 5.75 Å². The number of rotatable bonds is 7. The Hall–Kier alpha value is -2.49. The number of amides is 1. The summed E-state index contributed by atoms with van der Waals surface area (Å²) in [5, 5.41) is 19.2. The largest absolute Gasteiger partial charge is 0.508 e. The zero-order valence-corrected chi connectivity index (χ0v) is 24.8. The van der Waals surface area contributed by atoms with Gasteiger partial charge in [0.15, 0.2) is 5.13 Å². The molecule has 5 atom stereocenters. The van der Waals surface area contributed by atoms with E-state index in [-0.39, 0.29) is 11.3 Å². The molecule has 2 heterocycles. The Morgan fingerprint density at radius 3 is 2.90 bits per heavy atom. The van der Waals surface area contributed by atoms with Gasteiger partial charge in [-0.3, -0.25) is 9.69 Å². The SMILES string of the molecule is CON=C1CC(CCC(=O)Nc2ncc(C)s2)C2C3CCc4cc(O)c(CN5CCOCC5)cc4C3CCC12C. The number of thiazole rings is 1. The zero-order valence-electron chi connectivity index (χ0n) is 23.9. The van der Waals surface area contributed by atoms with Crippen LogP contribution >= 0.6 is 11.3 Å². The maximum Gasteiger partial charge on any atom is 0.226 e. The fourth-order valence-electron chi connectivity index (χ4n) is 8.29. The molecule has 0 bridgehead atoms. The molecule has 0 radical (unpaired) electrons. The third-order valence-corrected chi connectivity index (χ3v) is 10.9. The average Bonchev–Trinajstić information content (AvgIpc) is 3.48. The van der Waals surface area contributed by atoms with E-state index >= 15 is 0 Å². The van der Waals surface area contributed by atoms with Gasteiger partial charge in [0, 0.05) is 48.1 Å². The van der Waals surface area contributed by atoms with E-state index in [1.54, 1.807) is 13.3 Å². The summed E-state index contributed by atoms with van der Waals surface area (Å²) in [6, 6.07) is 4.36. The van der Waals surface area contributed by atoms with Crippen LogP contribution in [-0.2, 0) is 27.3 Å². The number of aryl methyl sites for hydroxylation is 2. The highest BCUT2D eigenvalue weighted by atomic mass is 32.1. The molecule has 5 unspecified atom stereocenters. The van der Waals surface area contributed by atoms with Crippen LogP contribution in [0.3, 0.4) is 0 Å². The molecule has 40 heavy (non-hydrogen) atoms. The summed E-state index contributed by atoms with van der Waals surface area (Å²) >= 11 is 1.51. The van der Waals surface area contributed by atoms with Gasteiger partial charge in [0.2, 0.25) is 5.91 Å². The smallest absolute Gasteiger partial charge is 0.226 e. The molecule has 2 N–H and O–H groups in total. The predicted octanol–water partition coefficient (Wildman–Crippen LogP) is 5.49. The lowest BCUT2D eigenvalue weighted by atomic mass is 9.54. The standard InChI is InChI=1S/C31H42N4O4S/c1-19-17-32-30(40-19)33-28(37)7-5-21-16-27(34-38-3)31(2)9-8-23-24(29(21)31)6-4-20-15-26(36)22(14-25(20)23)18-35-10-12-39-13-11-35/h14-15,17,21,23-24,29,36H,4-13,16,18H2,1-3H3,(H,32,33,37). The van der Waals surface area contributed by atoms with Crippen molar-refractivity contribution in [2.24, 2.45) is 28.3 Å². The number of hydrogen-bond donors (Lipinski definition) is 2. The van der Waals surface area contributed by atoms with Crippen LogP contribution in [0, 0.1) is 30.1 Å². The monoisotopic (exact) mass is 566 g/mol. The summed E-state index contributed by atoms with van der Waals surface area (Å²) < 4.78 is 5.53. The van der Waals surface area contributed by atoms with Crippen LogP contribution in [0.2, 0.25) is 0 Å². The van der Waals surface area contributed by atoms with Crippen molar-refractivity contribution in [1.29, 1.82) is 0 Å². The Labute approximate surface area is 241 Å². The van der Waals surface area contributed by atoms with Crippen molar-refractivity contribution >= 4 is 28.1 Å². The number of carbonyl (C=O) groups is 1. The van der Waals surface area contributed by atoms with Gasteiger partial charge in [-0.05, 0) is 86.3 Å². The lowest BCUT2D eigenvalue weighted by Crippen LogP contribution is -2.44. The summed E-state index contributed by atoms with van der Waals surface area (Å²) in [6.07, 6.45) is 8.31. The van der Waals surface area contributed by atoms with E-state index < -0.39 is 0 Å². The first-order valence-electron chi connectivity index (χ1n) is 14.8. The summed E-state index contributed by atoms with van der Waals surface area (Å²) in [5.41, 5.74) is 4.95. The Kier molecular flexibility index (Phi) is 7.90. The third kappa shape index (κ3) is 5.28. The number of aromatic hydroxyl groups is 1. The van der Waals surface area contributed by atoms with Crippen molar-refractivity contribution in [3.05, 3.63) is 39.9 Å². The number of phenolic OH excluding ortho intramolecular Hbond substituents is 1. The van der Waals surface area contributed by atoms with Crippen molar-refractivity contribution in [3.63, 3.8) is 0 Å². The van der Waals surface area contributed by atoms with Crippen LogP contribution < -0.4 is 5.32 Å². The lowest BCUT2D eigenvalue weighted by Gasteiger charge is -2.50. The van der Waals surface area contributed by atoms with Gasteiger partial charge < -0.3 is 20.0 Å². The lowest BCUT2D eigenvalue weighted by molar-refractivity contribution is -0.116. The minimum Gasteiger partial charge on any atom is -0.508 e. The number of hydrogen-bond acceptors (Lipinski definition) is 8. The van der Waals surface area contributed by atoms with Gasteiger partial charge in [-0.25, -0.2) is 4.98 Å². The van der Waals surface area contributed by atoms with Gasteiger partial charge in [0.25, 0.3) is 0 Å². The minimum atomic E-state index is -0.00417. The molecule has 0 spiro atoms. The Morgan fingerprint density at radius 2 is 2.15 bits per heavy atom. The Bertz CT molecular complexity index is 1270. The molecule has 3 aliphatic carbocycles. The number of oxime groups is 1. The minimum absolute atomic E-state index is 0.00417. The molecule has 3 fully saturated rings. The highest BCUT2D eigenvalue weighted by Gasteiger charge is 2.57. The molecule has 2 saturated carbocycles. The number of nitrogens with one attached hydrogen (secondary N) is 1. The molecule has 1 aromatic heterocycles. The molecule has 1 saturated heterocycles. The number of morpholine rings is 1. The number of carbonyl (C=O) groups excluding carboxylic acids is 1. The van der Waals surface area contributed by atoms with Crippen LogP contribution in [0.4, 0.5) is 5.13 Å². The molecule has 1 aliphatic heterocycles. The van der Waals surface area contributed by atoms with E-state index in [1.165, 1.54) is 28.2 Å².